The van der Waals surface area contributed by atoms with E-state index in [1.54, 1.807) is 12.1 Å². The summed E-state index contributed by atoms with van der Waals surface area (Å²) in [6.07, 6.45) is 0.914. The molecule has 2 aromatic rings. The second-order valence-corrected chi connectivity index (χ2v) is 8.59. The predicted octanol–water partition coefficient (Wildman–Crippen LogP) is 4.10. The number of benzene rings is 2. The van der Waals surface area contributed by atoms with Crippen molar-refractivity contribution in [3.8, 4) is 5.75 Å². The first kappa shape index (κ1) is 23.7. The molecule has 32 heavy (non-hydrogen) atoms. The Morgan fingerprint density at radius 3 is 2.50 bits per heavy atom. The summed E-state index contributed by atoms with van der Waals surface area (Å²) >= 11 is 0. The molecule has 1 heterocycles. The lowest BCUT2D eigenvalue weighted by Crippen LogP contribution is -2.56. The van der Waals surface area contributed by atoms with Gasteiger partial charge in [-0.3, -0.25) is 4.99 Å². The predicted molar refractivity (Wildman–Crippen MR) is 126 cm³/mol. The van der Waals surface area contributed by atoms with Crippen molar-refractivity contribution in [3.05, 3.63) is 65.5 Å². The molecule has 1 fully saturated rings. The fourth-order valence-electron chi connectivity index (χ4n) is 3.98. The molecule has 2 atom stereocenters. The molecule has 3 rings (SSSR count). The van der Waals surface area contributed by atoms with E-state index in [1.807, 2.05) is 50.1 Å². The zero-order valence-electron chi connectivity index (χ0n) is 19.1. The molecule has 0 aliphatic carbocycles. The smallest absolute Gasteiger partial charge is 0.318 e. The zero-order valence-corrected chi connectivity index (χ0v) is 19.1. The third kappa shape index (κ3) is 6.53. The van der Waals surface area contributed by atoms with Crippen LogP contribution in [0.5, 0.6) is 5.75 Å². The molecule has 1 aliphatic heterocycles. The second-order valence-electron chi connectivity index (χ2n) is 8.59. The van der Waals surface area contributed by atoms with Gasteiger partial charge in [0.2, 0.25) is 0 Å². The number of ether oxygens (including phenoxy) is 1. The Morgan fingerprint density at radius 1 is 1.22 bits per heavy atom. The molecule has 7 heteroatoms. The number of aliphatic imine (C=N–C) groups is 1. The number of likely N-dealkylation sites (N-methyl/N-ethyl adjacent to an activating group) is 1. The molecule has 172 valence electrons. The number of carbonyl (C=O) groups excluding carboxylic acids is 1. The number of amides is 2. The first-order valence-corrected chi connectivity index (χ1v) is 11.0. The van der Waals surface area contributed by atoms with Crippen molar-refractivity contribution < 1.29 is 13.9 Å². The van der Waals surface area contributed by atoms with Crippen LogP contribution in [0.2, 0.25) is 0 Å². The van der Waals surface area contributed by atoms with Crippen molar-refractivity contribution in [3.63, 3.8) is 0 Å². The molecular formula is C25H33FN4O2. The van der Waals surface area contributed by atoms with E-state index in [0.29, 0.717) is 13.1 Å². The highest BCUT2D eigenvalue weighted by Gasteiger charge is 2.34. The first-order valence-electron chi connectivity index (χ1n) is 11.0. The molecule has 2 amide bonds. The second kappa shape index (κ2) is 11.1. The van der Waals surface area contributed by atoms with Gasteiger partial charge in [0.1, 0.15) is 11.6 Å². The van der Waals surface area contributed by atoms with E-state index in [0.717, 1.165) is 36.4 Å². The van der Waals surface area contributed by atoms with Crippen molar-refractivity contribution in [2.75, 3.05) is 20.1 Å². The Morgan fingerprint density at radius 2 is 1.88 bits per heavy atom. The number of hydrogen-bond acceptors (Lipinski definition) is 4. The Labute approximate surface area is 190 Å². The van der Waals surface area contributed by atoms with Gasteiger partial charge in [-0.2, -0.15) is 0 Å². The number of halogens is 1. The molecule has 1 aliphatic rings. The van der Waals surface area contributed by atoms with Gasteiger partial charge in [-0.1, -0.05) is 24.3 Å². The Hall–Kier alpha value is -2.93. The van der Waals surface area contributed by atoms with Gasteiger partial charge in [0.25, 0.3) is 0 Å². The number of urea groups is 1. The molecule has 0 bridgehead atoms. The van der Waals surface area contributed by atoms with Crippen LogP contribution in [0.1, 0.15) is 31.4 Å². The zero-order chi connectivity index (χ0) is 23.1. The maximum Gasteiger partial charge on any atom is 0.318 e. The Balaban J connectivity index is 1.72. The number of nitrogens with zero attached hydrogens (tertiary/aromatic N) is 3. The number of carbonyl (C=O) groups is 1. The molecule has 0 spiro atoms. The molecule has 0 radical (unpaired) electrons. The highest BCUT2D eigenvalue weighted by molar-refractivity contribution is 5.74. The van der Waals surface area contributed by atoms with Gasteiger partial charge in [-0.15, -0.1) is 0 Å². The third-order valence-corrected chi connectivity index (χ3v) is 5.65. The first-order chi connectivity index (χ1) is 15.4. The van der Waals surface area contributed by atoms with E-state index in [-0.39, 0.29) is 30.0 Å². The van der Waals surface area contributed by atoms with Gasteiger partial charge in [0.05, 0.1) is 18.2 Å². The summed E-state index contributed by atoms with van der Waals surface area (Å²) in [4.78, 5) is 21.6. The highest BCUT2D eigenvalue weighted by atomic mass is 19.1. The van der Waals surface area contributed by atoms with Crippen molar-refractivity contribution in [2.24, 2.45) is 4.99 Å². The number of likely N-dealkylation sites (tertiary alicyclic amines) is 1. The molecule has 1 N–H and O–H groups in total. The SMILES string of the molecule is C=N[C@@H]1CN(C)CC[C@@H]1N(Cc1ccc(F)cc1)C(=O)NCc1ccc(OC(C)C)cc1. The molecular weight excluding hydrogens is 407 g/mol. The number of piperidine rings is 1. The maximum absolute atomic E-state index is 13.4. The molecule has 6 nitrogen and oxygen atoms in total. The van der Waals surface area contributed by atoms with Crippen LogP contribution in [-0.2, 0) is 13.1 Å². The number of hydrogen-bond donors (Lipinski definition) is 1. The normalized spacial score (nSPS) is 18.9. The summed E-state index contributed by atoms with van der Waals surface area (Å²) in [6.45, 7) is 10.1. The van der Waals surface area contributed by atoms with Crippen molar-refractivity contribution in [2.45, 2.75) is 51.5 Å². The van der Waals surface area contributed by atoms with Crippen LogP contribution < -0.4 is 10.1 Å². The topological polar surface area (TPSA) is 57.2 Å². The van der Waals surface area contributed by atoms with Crippen molar-refractivity contribution in [1.82, 2.24) is 15.1 Å². The Kier molecular flexibility index (Phi) is 8.22. The summed E-state index contributed by atoms with van der Waals surface area (Å²) in [5.74, 6) is 0.513. The summed E-state index contributed by atoms with van der Waals surface area (Å²) < 4.78 is 19.1. The van der Waals surface area contributed by atoms with Crippen LogP contribution >= 0.6 is 0 Å². The Bertz CT molecular complexity index is 886. The summed E-state index contributed by atoms with van der Waals surface area (Å²) in [5.41, 5.74) is 1.86. The average Bonchev–Trinajstić information content (AvgIpc) is 2.78. The largest absolute Gasteiger partial charge is 0.491 e. The summed E-state index contributed by atoms with van der Waals surface area (Å²) in [7, 11) is 2.05. The fraction of sp³-hybridized carbons (Fsp3) is 0.440. The minimum Gasteiger partial charge on any atom is -0.491 e. The fourth-order valence-corrected chi connectivity index (χ4v) is 3.98. The van der Waals surface area contributed by atoms with E-state index in [2.05, 4.69) is 21.9 Å². The van der Waals surface area contributed by atoms with Crippen molar-refractivity contribution >= 4 is 12.7 Å². The quantitative estimate of drug-likeness (QED) is 0.629. The third-order valence-electron chi connectivity index (χ3n) is 5.65. The molecule has 0 aromatic heterocycles. The average molecular weight is 441 g/mol. The lowest BCUT2D eigenvalue weighted by Gasteiger charge is -2.41. The lowest BCUT2D eigenvalue weighted by molar-refractivity contribution is 0.112. The summed E-state index contributed by atoms with van der Waals surface area (Å²) in [5, 5.41) is 3.04. The van der Waals surface area contributed by atoms with Crippen LogP contribution in [0, 0.1) is 5.82 Å². The molecule has 1 saturated heterocycles. The van der Waals surface area contributed by atoms with E-state index in [9.17, 15) is 9.18 Å². The van der Waals surface area contributed by atoms with Gasteiger partial charge >= 0.3 is 6.03 Å². The minimum atomic E-state index is -0.292. The van der Waals surface area contributed by atoms with Gasteiger partial charge in [0.15, 0.2) is 0 Å². The van der Waals surface area contributed by atoms with Crippen LogP contribution in [0.4, 0.5) is 9.18 Å². The van der Waals surface area contributed by atoms with E-state index in [4.69, 9.17) is 4.74 Å². The standard InChI is InChI=1S/C25H33FN4O2/c1-18(2)32-22-11-7-19(8-12-22)15-28-25(31)30(16-20-5-9-21(26)10-6-20)24-13-14-29(4)17-23(24)27-3/h5-12,18,23-24H,3,13-17H2,1-2,4H3,(H,28,31)/t23-,24+/m1/s1. The monoisotopic (exact) mass is 440 g/mol. The lowest BCUT2D eigenvalue weighted by atomic mass is 9.98. The van der Waals surface area contributed by atoms with Crippen molar-refractivity contribution in [1.29, 1.82) is 0 Å². The molecule has 0 saturated carbocycles. The van der Waals surface area contributed by atoms with Crippen LogP contribution in [-0.4, -0.2) is 60.9 Å². The maximum atomic E-state index is 13.4. The van der Waals surface area contributed by atoms with Crippen LogP contribution in [0.3, 0.4) is 0 Å². The van der Waals surface area contributed by atoms with E-state index in [1.165, 1.54) is 12.1 Å². The number of nitrogens with one attached hydrogen (secondary N) is 1. The van der Waals surface area contributed by atoms with Crippen LogP contribution in [0.15, 0.2) is 53.5 Å². The van der Waals surface area contributed by atoms with Crippen LogP contribution in [0.25, 0.3) is 0 Å². The van der Waals surface area contributed by atoms with Gasteiger partial charge in [0, 0.05) is 19.6 Å². The van der Waals surface area contributed by atoms with E-state index >= 15 is 0 Å². The highest BCUT2D eigenvalue weighted by Crippen LogP contribution is 2.22. The summed E-state index contributed by atoms with van der Waals surface area (Å²) in [6, 6.07) is 13.7. The number of rotatable bonds is 8. The minimum absolute atomic E-state index is 0.0735. The molecule has 2 aromatic carbocycles. The van der Waals surface area contributed by atoms with Gasteiger partial charge < -0.3 is 19.9 Å². The van der Waals surface area contributed by atoms with E-state index < -0.39 is 0 Å². The van der Waals surface area contributed by atoms with Gasteiger partial charge in [-0.25, -0.2) is 9.18 Å². The van der Waals surface area contributed by atoms with Gasteiger partial charge in [-0.05, 0) is 76.0 Å². The molecule has 0 unspecified atom stereocenters.